The van der Waals surface area contributed by atoms with Gasteiger partial charge in [0.15, 0.2) is 0 Å². The smallest absolute Gasteiger partial charge is 0.372 e. The molecule has 0 radical (unpaired) electrons. The maximum absolute atomic E-state index is 12.7. The second kappa shape index (κ2) is 9.95. The number of hydrogen-bond acceptors (Lipinski definition) is 7. The molecule has 3 rings (SSSR count). The summed E-state index contributed by atoms with van der Waals surface area (Å²) in [7, 11) is 0. The van der Waals surface area contributed by atoms with Crippen molar-refractivity contribution in [3.05, 3.63) is 0 Å². The molecular formula is C20H32N5O5+. The highest BCUT2D eigenvalue weighted by molar-refractivity contribution is 6.25. The topological polar surface area (TPSA) is 143 Å². The molecular weight excluding hydrogens is 390 g/mol. The maximum atomic E-state index is 12.7. The van der Waals surface area contributed by atoms with Gasteiger partial charge in [0.05, 0.1) is 22.3 Å². The molecule has 0 spiro atoms. The number of nitrogens with one attached hydrogen (secondary N) is 3. The summed E-state index contributed by atoms with van der Waals surface area (Å²) in [5.74, 6) is -1.72. The van der Waals surface area contributed by atoms with Crippen LogP contribution in [0.5, 0.6) is 0 Å². The number of carbonyl (C=O) groups excluding carboxylic acids is 4. The summed E-state index contributed by atoms with van der Waals surface area (Å²) in [6.45, 7) is 7.57. The predicted octanol–water partition coefficient (Wildman–Crippen LogP) is 0.0743. The van der Waals surface area contributed by atoms with Crippen LogP contribution in [0.2, 0.25) is 0 Å². The van der Waals surface area contributed by atoms with Crippen molar-refractivity contribution in [2.75, 3.05) is 26.2 Å². The van der Waals surface area contributed by atoms with E-state index in [1.807, 2.05) is 0 Å². The van der Waals surface area contributed by atoms with Gasteiger partial charge >= 0.3 is 12.2 Å². The monoisotopic (exact) mass is 422 g/mol. The molecule has 2 amide bonds. The van der Waals surface area contributed by atoms with E-state index >= 15 is 0 Å². The van der Waals surface area contributed by atoms with Crippen LogP contribution in [0.15, 0.2) is 0 Å². The van der Waals surface area contributed by atoms with Crippen LogP contribution in [0, 0.1) is 10.9 Å². The van der Waals surface area contributed by atoms with Crippen molar-refractivity contribution in [1.29, 1.82) is 5.53 Å². The van der Waals surface area contributed by atoms with Crippen molar-refractivity contribution in [1.82, 2.24) is 15.5 Å². The Morgan fingerprint density at radius 2 is 1.77 bits per heavy atom. The number of esters is 1. The number of piperidine rings is 3. The van der Waals surface area contributed by atoms with Gasteiger partial charge < -0.3 is 20.3 Å². The van der Waals surface area contributed by atoms with E-state index in [1.165, 1.54) is 0 Å². The van der Waals surface area contributed by atoms with E-state index in [0.717, 1.165) is 45.1 Å². The molecule has 0 unspecified atom stereocenters. The fourth-order valence-electron chi connectivity index (χ4n) is 3.81. The molecule has 0 aromatic carbocycles. The molecule has 10 nitrogen and oxygen atoms in total. The molecule has 166 valence electrons. The minimum absolute atomic E-state index is 0.0131. The summed E-state index contributed by atoms with van der Waals surface area (Å²) in [4.78, 5) is 54.4. The van der Waals surface area contributed by atoms with Crippen LogP contribution in [-0.2, 0) is 23.9 Å². The molecule has 3 aliphatic heterocycles. The van der Waals surface area contributed by atoms with Crippen LogP contribution in [0.25, 0.3) is 0 Å². The van der Waals surface area contributed by atoms with Crippen LogP contribution in [0.1, 0.15) is 52.9 Å². The average molecular weight is 423 g/mol. The third-order valence-electron chi connectivity index (χ3n) is 5.53. The van der Waals surface area contributed by atoms with E-state index in [4.69, 9.17) is 10.3 Å². The van der Waals surface area contributed by atoms with Crippen LogP contribution in [0.3, 0.4) is 0 Å². The summed E-state index contributed by atoms with van der Waals surface area (Å²) in [6.07, 6.45) is 3.17. The van der Waals surface area contributed by atoms with Gasteiger partial charge in [-0.1, -0.05) is 0 Å². The quantitative estimate of drug-likeness (QED) is 0.208. The van der Waals surface area contributed by atoms with Crippen molar-refractivity contribution < 1.29 is 28.7 Å². The first-order chi connectivity index (χ1) is 14.0. The minimum atomic E-state index is -1.03. The van der Waals surface area contributed by atoms with Gasteiger partial charge in [0.25, 0.3) is 0 Å². The number of amides is 2. The predicted molar refractivity (Wildman–Crippen MR) is 107 cm³/mol. The summed E-state index contributed by atoms with van der Waals surface area (Å²) in [5.41, 5.74) is 5.54. The Labute approximate surface area is 176 Å². The van der Waals surface area contributed by atoms with Gasteiger partial charge in [-0.3, -0.25) is 14.4 Å². The lowest BCUT2D eigenvalue weighted by atomic mass is 9.71. The van der Waals surface area contributed by atoms with Crippen molar-refractivity contribution in [2.45, 2.75) is 64.5 Å². The second-order valence-electron chi connectivity index (χ2n) is 8.97. The van der Waals surface area contributed by atoms with Crippen molar-refractivity contribution in [3.8, 4) is 0 Å². The van der Waals surface area contributed by atoms with E-state index in [9.17, 15) is 19.2 Å². The molecule has 3 saturated heterocycles. The largest absolute Gasteiger partial charge is 0.458 e. The first-order valence-electron chi connectivity index (χ1n) is 10.3. The van der Waals surface area contributed by atoms with Gasteiger partial charge in [-0.25, -0.2) is 4.79 Å². The molecule has 2 bridgehead atoms. The Bertz CT molecular complexity index is 717. The van der Waals surface area contributed by atoms with E-state index in [0.29, 0.717) is 0 Å². The van der Waals surface area contributed by atoms with Gasteiger partial charge in [0, 0.05) is 6.42 Å². The second-order valence-corrected chi connectivity index (χ2v) is 8.97. The number of rotatable bonds is 9. The number of carbonyl (C=O) groups is 4. The number of nitrogens with zero attached hydrogens (tertiary/aromatic N) is 2. The molecule has 30 heavy (non-hydrogen) atoms. The van der Waals surface area contributed by atoms with E-state index in [1.54, 1.807) is 20.8 Å². The van der Waals surface area contributed by atoms with Crippen molar-refractivity contribution in [3.63, 3.8) is 0 Å². The molecule has 0 aromatic rings. The number of fused-ring (bicyclic) bond motifs is 3. The number of ether oxygens (including phenoxy) is 1. The lowest BCUT2D eigenvalue weighted by Crippen LogP contribution is -2.56. The Morgan fingerprint density at radius 3 is 2.30 bits per heavy atom. The minimum Gasteiger partial charge on any atom is -0.458 e. The zero-order chi connectivity index (χ0) is 22.4. The van der Waals surface area contributed by atoms with Crippen LogP contribution in [0.4, 0.5) is 0 Å². The van der Waals surface area contributed by atoms with Gasteiger partial charge in [-0.2, -0.15) is 0 Å². The number of ketones is 1. The van der Waals surface area contributed by atoms with Crippen molar-refractivity contribution >= 4 is 29.8 Å². The number of Topliss-reactive ketones (excluding diaryl/α,β-unsaturated/α-hetero) is 1. The normalized spacial score (nSPS) is 23.6. The summed E-state index contributed by atoms with van der Waals surface area (Å²) in [6, 6.07) is -1.03. The summed E-state index contributed by atoms with van der Waals surface area (Å²) >= 11 is 0. The number of hydrogen-bond donors (Lipinski definition) is 3. The zero-order valence-electron chi connectivity index (χ0n) is 18.0. The van der Waals surface area contributed by atoms with Crippen LogP contribution in [-0.4, -0.2) is 77.3 Å². The van der Waals surface area contributed by atoms with Crippen LogP contribution >= 0.6 is 0 Å². The SMILES string of the molecule is CC(C)(C)OC(=O)[C@H](CCC(=O)C=[N+]=N)NC(=O)CNC(=O)C12CCN(CC1)CC2. The Morgan fingerprint density at radius 1 is 1.17 bits per heavy atom. The summed E-state index contributed by atoms with van der Waals surface area (Å²) < 4.78 is 5.32. The van der Waals surface area contributed by atoms with Gasteiger partial charge in [-0.15, -0.1) is 0 Å². The third kappa shape index (κ3) is 6.74. The van der Waals surface area contributed by atoms with Gasteiger partial charge in [-0.05, 0) is 66.1 Å². The molecule has 10 heteroatoms. The molecule has 1 atom stereocenters. The highest BCUT2D eigenvalue weighted by Gasteiger charge is 2.45. The van der Waals surface area contributed by atoms with Gasteiger partial charge in [0.1, 0.15) is 11.6 Å². The molecule has 3 N–H and O–H groups in total. The molecule has 3 aliphatic rings. The van der Waals surface area contributed by atoms with Crippen molar-refractivity contribution in [2.24, 2.45) is 5.41 Å². The highest BCUT2D eigenvalue weighted by Crippen LogP contribution is 2.40. The lowest BCUT2D eigenvalue weighted by Gasteiger charge is -2.47. The molecule has 3 heterocycles. The summed E-state index contributed by atoms with van der Waals surface area (Å²) in [5, 5.41) is 5.27. The van der Waals surface area contributed by atoms with E-state index < -0.39 is 34.7 Å². The molecule has 3 fully saturated rings. The average Bonchev–Trinajstić information content (AvgIpc) is 2.69. The Kier molecular flexibility index (Phi) is 7.86. The fourth-order valence-corrected chi connectivity index (χ4v) is 3.81. The highest BCUT2D eigenvalue weighted by atomic mass is 16.6. The maximum Gasteiger partial charge on any atom is 0.372 e. The fraction of sp³-hybridized carbons (Fsp3) is 0.750. The molecule has 0 aromatic heterocycles. The first-order valence-corrected chi connectivity index (χ1v) is 10.3. The third-order valence-corrected chi connectivity index (χ3v) is 5.53. The zero-order valence-corrected chi connectivity index (χ0v) is 18.0. The first kappa shape index (κ1) is 23.7. The van der Waals surface area contributed by atoms with Crippen LogP contribution < -0.4 is 10.6 Å². The Hall–Kier alpha value is -2.58. The molecule has 0 aliphatic carbocycles. The standard InChI is InChI=1S/C20H31N5O5/c1-19(2,3)30-17(28)15(5-4-14(26)12-23-21)24-16(27)13-22-18(29)20-6-9-25(10-7-20)11-8-20/h12,15,21H,4-11,13H2,1-3H3,(H-,22,24,27,29)/p+1/t15-/m0/s1. The molecule has 0 saturated carbocycles. The Balaban J connectivity index is 1.91. The van der Waals surface area contributed by atoms with Gasteiger partial charge in [0.2, 0.25) is 17.6 Å². The van der Waals surface area contributed by atoms with E-state index in [-0.39, 0.29) is 25.3 Å². The van der Waals surface area contributed by atoms with E-state index in [2.05, 4.69) is 20.3 Å². The lowest BCUT2D eigenvalue weighted by molar-refractivity contribution is -0.158.